The molecule has 14 aromatic carbocycles. The van der Waals surface area contributed by atoms with Crippen LogP contribution < -0.4 is 29.4 Å². The highest BCUT2D eigenvalue weighted by Crippen LogP contribution is 2.58. The molecular formula is C96H78N6. The van der Waals surface area contributed by atoms with Gasteiger partial charge in [0.15, 0.2) is 0 Å². The molecule has 17 rings (SSSR count). The standard InChI is InChI=1S/C96H78N6/c1-95(2)91-65-85(101(81-53-45-77(46-54-81)97(69-29-13-5-14-30-69)70-31-15-6-16-32-70)82-55-47-78(48-56-82)98(71-33-17-7-18-34-71)72-35-19-8-20-36-72)61-63-87(91)89-68-94-90(67-93(89)95)88-64-62-86(66-92(88)96(94,3)4)102(83-57-49-79(50-58-83)99(73-37-21-9-22-38-73)74-39-23-10-24-40-74)84-59-51-80(52-60-84)100(75-41-25-11-26-42-75)76-43-27-12-28-44-76/h5-27,29-43,45-68H,28,44H2,1-4H3. The molecule has 0 fully saturated rings. The number of benzene rings is 14. The largest absolute Gasteiger partial charge is 0.314 e. The van der Waals surface area contributed by atoms with Crippen molar-refractivity contribution in [1.82, 2.24) is 0 Å². The van der Waals surface area contributed by atoms with Crippen LogP contribution in [0.4, 0.5) is 96.7 Å². The summed E-state index contributed by atoms with van der Waals surface area (Å²) in [4.78, 5) is 14.3. The summed E-state index contributed by atoms with van der Waals surface area (Å²) >= 11 is 0. The van der Waals surface area contributed by atoms with Gasteiger partial charge in [-0.05, 0) is 282 Å². The first kappa shape index (κ1) is 62.8. The van der Waals surface area contributed by atoms with E-state index in [0.717, 1.165) is 110 Å². The van der Waals surface area contributed by atoms with E-state index in [-0.39, 0.29) is 10.8 Å². The minimum Gasteiger partial charge on any atom is -0.314 e. The van der Waals surface area contributed by atoms with E-state index in [2.05, 4.69) is 433 Å². The number of hydrogen-bond acceptors (Lipinski definition) is 6. The number of nitrogens with zero attached hydrogens (tertiary/aromatic N) is 6. The second kappa shape index (κ2) is 26.6. The molecule has 0 spiro atoms. The van der Waals surface area contributed by atoms with E-state index >= 15 is 0 Å². The fourth-order valence-electron chi connectivity index (χ4n) is 15.8. The number of anilines is 17. The molecule has 0 amide bonds. The summed E-state index contributed by atoms with van der Waals surface area (Å²) in [6.07, 6.45) is 8.69. The molecule has 14 aromatic rings. The van der Waals surface area contributed by atoms with E-state index in [1.54, 1.807) is 0 Å². The molecule has 0 aromatic heterocycles. The number of allylic oxidation sites excluding steroid dienone is 4. The van der Waals surface area contributed by atoms with Crippen molar-refractivity contribution in [1.29, 1.82) is 0 Å². The molecule has 0 N–H and O–H groups in total. The van der Waals surface area contributed by atoms with Crippen molar-refractivity contribution in [2.45, 2.75) is 51.4 Å². The molecule has 0 heterocycles. The average Bonchev–Trinajstić information content (AvgIpc) is 1.54. The molecule has 102 heavy (non-hydrogen) atoms. The smallest absolute Gasteiger partial charge is 0.0465 e. The third kappa shape index (κ3) is 11.6. The van der Waals surface area contributed by atoms with Crippen molar-refractivity contribution in [3.63, 3.8) is 0 Å². The van der Waals surface area contributed by atoms with Crippen LogP contribution in [0.1, 0.15) is 62.8 Å². The number of rotatable bonds is 18. The lowest BCUT2D eigenvalue weighted by atomic mass is 9.79. The highest BCUT2D eigenvalue weighted by molar-refractivity contribution is 5.94. The van der Waals surface area contributed by atoms with E-state index in [1.165, 1.54) is 50.2 Å². The first-order valence-corrected chi connectivity index (χ1v) is 35.5. The van der Waals surface area contributed by atoms with Gasteiger partial charge in [0, 0.05) is 113 Å². The highest BCUT2D eigenvalue weighted by Gasteiger charge is 2.42. The van der Waals surface area contributed by atoms with Crippen LogP contribution >= 0.6 is 0 Å². The zero-order valence-electron chi connectivity index (χ0n) is 57.9. The number of hydrogen-bond donors (Lipinski definition) is 0. The summed E-state index contributed by atoms with van der Waals surface area (Å²) in [5.41, 5.74) is 29.7. The first-order valence-electron chi connectivity index (χ1n) is 35.5. The Morgan fingerprint density at radius 2 is 0.412 bits per heavy atom. The minimum atomic E-state index is -0.328. The molecule has 0 radical (unpaired) electrons. The van der Waals surface area contributed by atoms with Gasteiger partial charge in [0.1, 0.15) is 0 Å². The third-order valence-corrected chi connectivity index (χ3v) is 20.8. The SMILES string of the molecule is CC1(C)c2cc(N(c3ccc(N(C4=CC=CCC4)c4ccccc4)cc3)c3ccc(N(c4ccccc4)c4ccccc4)cc3)ccc2-c2cc3c(cc21)-c1ccc(N(c2ccc(N(c4ccccc4)c4ccccc4)cc2)c2ccc(N(c4ccccc4)c4ccccc4)cc2)cc1C3(C)C. The van der Waals surface area contributed by atoms with Gasteiger partial charge in [0.05, 0.1) is 0 Å². The van der Waals surface area contributed by atoms with Crippen LogP contribution in [0.25, 0.3) is 22.3 Å². The van der Waals surface area contributed by atoms with E-state index in [4.69, 9.17) is 0 Å². The second-order valence-electron chi connectivity index (χ2n) is 27.7. The fraction of sp³-hybridized carbons (Fsp3) is 0.0833. The van der Waals surface area contributed by atoms with Crippen molar-refractivity contribution in [3.8, 4) is 22.3 Å². The van der Waals surface area contributed by atoms with Gasteiger partial charge in [-0.15, -0.1) is 0 Å². The summed E-state index contributed by atoms with van der Waals surface area (Å²) in [5.74, 6) is 0. The Balaban J connectivity index is 0.741. The molecule has 0 aliphatic heterocycles. The van der Waals surface area contributed by atoms with E-state index in [1.807, 2.05) is 0 Å². The maximum atomic E-state index is 2.54. The van der Waals surface area contributed by atoms with E-state index in [0.29, 0.717) is 0 Å². The lowest BCUT2D eigenvalue weighted by molar-refractivity contribution is 0.652. The normalized spacial score (nSPS) is 13.4. The van der Waals surface area contributed by atoms with Crippen molar-refractivity contribution in [2.75, 3.05) is 29.4 Å². The number of para-hydroxylation sites is 7. The maximum absolute atomic E-state index is 2.54. The van der Waals surface area contributed by atoms with E-state index in [9.17, 15) is 0 Å². The van der Waals surface area contributed by atoms with Gasteiger partial charge >= 0.3 is 0 Å². The lowest BCUT2D eigenvalue weighted by Gasteiger charge is -2.31. The summed E-state index contributed by atoms with van der Waals surface area (Å²) < 4.78 is 0. The summed E-state index contributed by atoms with van der Waals surface area (Å²) in [5, 5.41) is 0. The molecule has 6 heteroatoms. The Labute approximate surface area is 600 Å². The molecule has 0 saturated heterocycles. The Morgan fingerprint density at radius 1 is 0.206 bits per heavy atom. The average molecular weight is 1320 g/mol. The highest BCUT2D eigenvalue weighted by atomic mass is 15.2. The van der Waals surface area contributed by atoms with Crippen LogP contribution in [0.2, 0.25) is 0 Å². The van der Waals surface area contributed by atoms with Crippen LogP contribution in [0.15, 0.2) is 382 Å². The molecule has 6 nitrogen and oxygen atoms in total. The zero-order valence-corrected chi connectivity index (χ0v) is 57.9. The Kier molecular flexibility index (Phi) is 16.4. The van der Waals surface area contributed by atoms with Gasteiger partial charge in [-0.3, -0.25) is 0 Å². The van der Waals surface area contributed by atoms with E-state index < -0.39 is 0 Å². The Bertz CT molecular complexity index is 5110. The summed E-state index contributed by atoms with van der Waals surface area (Å²) in [7, 11) is 0. The van der Waals surface area contributed by atoms with Gasteiger partial charge < -0.3 is 29.4 Å². The fourth-order valence-corrected chi connectivity index (χ4v) is 15.8. The summed E-state index contributed by atoms with van der Waals surface area (Å²) in [6.45, 7) is 9.69. The van der Waals surface area contributed by atoms with Crippen LogP contribution in [0.3, 0.4) is 0 Å². The van der Waals surface area contributed by atoms with Crippen molar-refractivity contribution < 1.29 is 0 Å². The van der Waals surface area contributed by atoms with Gasteiger partial charge in [-0.1, -0.05) is 179 Å². The molecule has 0 unspecified atom stereocenters. The predicted octanol–water partition coefficient (Wildman–Crippen LogP) is 27.0. The first-order chi connectivity index (χ1) is 50.1. The van der Waals surface area contributed by atoms with Gasteiger partial charge in [0.25, 0.3) is 0 Å². The monoisotopic (exact) mass is 1310 g/mol. The lowest BCUT2D eigenvalue weighted by Crippen LogP contribution is -2.18. The van der Waals surface area contributed by atoms with Crippen molar-refractivity contribution in [3.05, 3.63) is 404 Å². The molecule has 492 valence electrons. The quantitative estimate of drug-likeness (QED) is 0.0847. The molecule has 0 atom stereocenters. The van der Waals surface area contributed by atoms with Crippen molar-refractivity contribution >= 4 is 96.7 Å². The van der Waals surface area contributed by atoms with Crippen LogP contribution in [0, 0.1) is 0 Å². The molecule has 0 saturated carbocycles. The molecule has 3 aliphatic carbocycles. The Morgan fingerprint density at radius 3 is 0.657 bits per heavy atom. The number of fused-ring (bicyclic) bond motifs is 6. The maximum Gasteiger partial charge on any atom is 0.0465 e. The minimum absolute atomic E-state index is 0.325. The predicted molar refractivity (Wildman–Crippen MR) is 430 cm³/mol. The van der Waals surface area contributed by atoms with Gasteiger partial charge in [-0.25, -0.2) is 0 Å². The van der Waals surface area contributed by atoms with Crippen molar-refractivity contribution in [2.24, 2.45) is 0 Å². The summed E-state index contributed by atoms with van der Waals surface area (Å²) in [6, 6.07) is 131. The van der Waals surface area contributed by atoms with Crippen LogP contribution in [0.5, 0.6) is 0 Å². The zero-order chi connectivity index (χ0) is 68.7. The van der Waals surface area contributed by atoms with Gasteiger partial charge in [0.2, 0.25) is 0 Å². The third-order valence-electron chi connectivity index (χ3n) is 20.8. The molecule has 0 bridgehead atoms. The van der Waals surface area contributed by atoms with Gasteiger partial charge in [-0.2, -0.15) is 0 Å². The second-order valence-corrected chi connectivity index (χ2v) is 27.7. The Hall–Kier alpha value is -12.6. The van der Waals surface area contributed by atoms with Crippen LogP contribution in [-0.4, -0.2) is 0 Å². The van der Waals surface area contributed by atoms with Crippen LogP contribution in [-0.2, 0) is 10.8 Å². The molecular weight excluding hydrogens is 1240 g/mol. The topological polar surface area (TPSA) is 19.4 Å². The molecule has 3 aliphatic rings.